The Labute approximate surface area is 136 Å². The molecular weight excluding hydrogens is 382 g/mol. The summed E-state index contributed by atoms with van der Waals surface area (Å²) in [6.45, 7) is 3.90. The van der Waals surface area contributed by atoms with Crippen LogP contribution in [0.3, 0.4) is 0 Å². The molecule has 0 bridgehead atoms. The van der Waals surface area contributed by atoms with Crippen LogP contribution >= 0.6 is 31.9 Å². The molecule has 0 aromatic heterocycles. The summed E-state index contributed by atoms with van der Waals surface area (Å²) in [4.78, 5) is 0. The van der Waals surface area contributed by atoms with Gasteiger partial charge in [-0.15, -0.1) is 0 Å². The summed E-state index contributed by atoms with van der Waals surface area (Å²) in [6.07, 6.45) is 0. The summed E-state index contributed by atoms with van der Waals surface area (Å²) < 4.78 is 1.42. The number of hydrogen-bond acceptors (Lipinski definition) is 2. The lowest BCUT2D eigenvalue weighted by molar-refractivity contribution is 0.468. The molecule has 0 heterocycles. The van der Waals surface area contributed by atoms with Gasteiger partial charge in [-0.3, -0.25) is 0 Å². The summed E-state index contributed by atoms with van der Waals surface area (Å²) in [5, 5.41) is 13.1. The molecule has 0 fully saturated rings. The van der Waals surface area contributed by atoms with E-state index in [1.165, 1.54) is 5.56 Å². The molecule has 2 rings (SSSR count). The van der Waals surface area contributed by atoms with Crippen LogP contribution in [0.4, 0.5) is 0 Å². The van der Waals surface area contributed by atoms with E-state index in [-0.39, 0.29) is 5.75 Å². The molecule has 2 aromatic rings. The first-order chi connectivity index (χ1) is 9.58. The van der Waals surface area contributed by atoms with Crippen LogP contribution in [-0.2, 0) is 6.54 Å². The van der Waals surface area contributed by atoms with E-state index in [9.17, 15) is 5.11 Å². The predicted molar refractivity (Wildman–Crippen MR) is 90.1 cm³/mol. The maximum absolute atomic E-state index is 9.68. The molecule has 0 aliphatic heterocycles. The predicted octanol–water partition coefficient (Wildman–Crippen LogP) is 4.81. The quantitative estimate of drug-likeness (QED) is 0.757. The van der Waals surface area contributed by atoms with Crippen molar-refractivity contribution in [3.05, 3.63) is 62.5 Å². The van der Waals surface area contributed by atoms with Gasteiger partial charge >= 0.3 is 0 Å². The average Bonchev–Trinajstić information content (AvgIpc) is 2.45. The second-order valence-electron chi connectivity index (χ2n) is 4.85. The number of hydrogen-bond donors (Lipinski definition) is 2. The zero-order valence-electron chi connectivity index (χ0n) is 11.2. The van der Waals surface area contributed by atoms with Crippen molar-refractivity contribution in [1.29, 1.82) is 0 Å². The van der Waals surface area contributed by atoms with Gasteiger partial charge in [-0.05, 0) is 61.0 Å². The third-order valence-corrected chi connectivity index (χ3v) is 4.43. The van der Waals surface area contributed by atoms with Crippen LogP contribution in [0.2, 0.25) is 0 Å². The van der Waals surface area contributed by atoms with Crippen LogP contribution < -0.4 is 5.32 Å². The standard InChI is InChI=1S/C16H17Br2NO/c1-11(13-5-3-2-4-6-13)9-19-10-12-7-14(17)16(20)15(18)8-12/h2-8,11,19-20H,9-10H2,1H3. The first-order valence-electron chi connectivity index (χ1n) is 6.50. The fourth-order valence-corrected chi connectivity index (χ4v) is 3.33. The molecule has 1 atom stereocenters. The number of phenolic OH excluding ortho intramolecular Hbond substituents is 1. The monoisotopic (exact) mass is 397 g/mol. The highest BCUT2D eigenvalue weighted by atomic mass is 79.9. The van der Waals surface area contributed by atoms with Crippen LogP contribution in [0.25, 0.3) is 0 Å². The van der Waals surface area contributed by atoms with Crippen LogP contribution in [0.15, 0.2) is 51.4 Å². The van der Waals surface area contributed by atoms with E-state index in [1.54, 1.807) is 0 Å². The largest absolute Gasteiger partial charge is 0.506 e. The summed E-state index contributed by atoms with van der Waals surface area (Å²) in [7, 11) is 0. The highest BCUT2D eigenvalue weighted by Crippen LogP contribution is 2.33. The van der Waals surface area contributed by atoms with Crippen LogP contribution in [0, 0.1) is 0 Å². The van der Waals surface area contributed by atoms with Crippen molar-refractivity contribution in [2.24, 2.45) is 0 Å². The van der Waals surface area contributed by atoms with Crippen molar-refractivity contribution < 1.29 is 5.11 Å². The van der Waals surface area contributed by atoms with E-state index in [0.717, 1.165) is 18.7 Å². The molecule has 0 saturated heterocycles. The third kappa shape index (κ3) is 4.08. The van der Waals surface area contributed by atoms with Crippen molar-refractivity contribution in [3.8, 4) is 5.75 Å². The Balaban J connectivity index is 1.90. The molecule has 0 radical (unpaired) electrons. The molecule has 106 valence electrons. The van der Waals surface area contributed by atoms with Gasteiger partial charge < -0.3 is 10.4 Å². The zero-order valence-corrected chi connectivity index (χ0v) is 14.4. The van der Waals surface area contributed by atoms with E-state index in [0.29, 0.717) is 14.9 Å². The molecule has 0 aliphatic carbocycles. The van der Waals surface area contributed by atoms with Gasteiger partial charge in [-0.1, -0.05) is 37.3 Å². The molecule has 2 aromatic carbocycles. The lowest BCUT2D eigenvalue weighted by Gasteiger charge is -2.13. The molecule has 0 aliphatic rings. The van der Waals surface area contributed by atoms with E-state index in [2.05, 4.69) is 68.4 Å². The molecule has 0 amide bonds. The second kappa shape index (κ2) is 7.25. The molecule has 0 saturated carbocycles. The first kappa shape index (κ1) is 15.5. The average molecular weight is 399 g/mol. The Morgan fingerprint density at radius 1 is 1.10 bits per heavy atom. The van der Waals surface area contributed by atoms with Crippen molar-refractivity contribution in [3.63, 3.8) is 0 Å². The van der Waals surface area contributed by atoms with Gasteiger partial charge in [0.2, 0.25) is 0 Å². The fraction of sp³-hybridized carbons (Fsp3) is 0.250. The summed E-state index contributed by atoms with van der Waals surface area (Å²) in [5.74, 6) is 0.714. The molecular formula is C16H17Br2NO. The summed E-state index contributed by atoms with van der Waals surface area (Å²) in [6, 6.07) is 14.3. The normalized spacial score (nSPS) is 12.3. The lowest BCUT2D eigenvalue weighted by atomic mass is 10.0. The lowest BCUT2D eigenvalue weighted by Crippen LogP contribution is -2.19. The Kier molecular flexibility index (Phi) is 5.64. The van der Waals surface area contributed by atoms with Gasteiger partial charge in [0.15, 0.2) is 0 Å². The number of rotatable bonds is 5. The van der Waals surface area contributed by atoms with Gasteiger partial charge in [0.25, 0.3) is 0 Å². The SMILES string of the molecule is CC(CNCc1cc(Br)c(O)c(Br)c1)c1ccccc1. The maximum Gasteiger partial charge on any atom is 0.143 e. The van der Waals surface area contributed by atoms with E-state index in [1.807, 2.05) is 18.2 Å². The third-order valence-electron chi connectivity index (χ3n) is 3.22. The van der Waals surface area contributed by atoms with E-state index >= 15 is 0 Å². The van der Waals surface area contributed by atoms with Gasteiger partial charge in [0.05, 0.1) is 8.95 Å². The van der Waals surface area contributed by atoms with E-state index < -0.39 is 0 Å². The van der Waals surface area contributed by atoms with Crippen LogP contribution in [0.5, 0.6) is 5.75 Å². The van der Waals surface area contributed by atoms with Crippen molar-refractivity contribution in [2.75, 3.05) is 6.54 Å². The Morgan fingerprint density at radius 2 is 1.70 bits per heavy atom. The minimum atomic E-state index is 0.242. The molecule has 2 N–H and O–H groups in total. The minimum absolute atomic E-state index is 0.242. The number of nitrogens with one attached hydrogen (secondary N) is 1. The zero-order chi connectivity index (χ0) is 14.5. The highest BCUT2D eigenvalue weighted by molar-refractivity contribution is 9.11. The van der Waals surface area contributed by atoms with Gasteiger partial charge in [-0.2, -0.15) is 0 Å². The maximum atomic E-state index is 9.68. The second-order valence-corrected chi connectivity index (χ2v) is 6.56. The van der Waals surface area contributed by atoms with Crippen LogP contribution in [-0.4, -0.2) is 11.7 Å². The summed E-state index contributed by atoms with van der Waals surface area (Å²) >= 11 is 6.69. The summed E-state index contributed by atoms with van der Waals surface area (Å²) in [5.41, 5.74) is 2.47. The fourth-order valence-electron chi connectivity index (χ4n) is 2.05. The van der Waals surface area contributed by atoms with Gasteiger partial charge in [-0.25, -0.2) is 0 Å². The smallest absolute Gasteiger partial charge is 0.143 e. The molecule has 20 heavy (non-hydrogen) atoms. The van der Waals surface area contributed by atoms with Crippen molar-refractivity contribution in [2.45, 2.75) is 19.4 Å². The highest BCUT2D eigenvalue weighted by Gasteiger charge is 2.07. The van der Waals surface area contributed by atoms with Crippen molar-refractivity contribution >= 4 is 31.9 Å². The molecule has 4 heteroatoms. The first-order valence-corrected chi connectivity index (χ1v) is 8.09. The molecule has 0 spiro atoms. The number of halogens is 2. The minimum Gasteiger partial charge on any atom is -0.506 e. The number of benzene rings is 2. The molecule has 2 nitrogen and oxygen atoms in total. The van der Waals surface area contributed by atoms with Crippen molar-refractivity contribution in [1.82, 2.24) is 5.32 Å². The molecule has 1 unspecified atom stereocenters. The van der Waals surface area contributed by atoms with Gasteiger partial charge in [0.1, 0.15) is 5.75 Å². The topological polar surface area (TPSA) is 32.3 Å². The van der Waals surface area contributed by atoms with Gasteiger partial charge in [0, 0.05) is 13.1 Å². The van der Waals surface area contributed by atoms with Crippen LogP contribution in [0.1, 0.15) is 24.0 Å². The Bertz CT molecular complexity index is 549. The number of aromatic hydroxyl groups is 1. The Hall–Kier alpha value is -0.840. The van der Waals surface area contributed by atoms with E-state index in [4.69, 9.17) is 0 Å². The Morgan fingerprint density at radius 3 is 2.30 bits per heavy atom. The number of phenols is 1.